The molecule has 3 aromatic rings. The van der Waals surface area contributed by atoms with E-state index in [1.54, 1.807) is 42.7 Å². The smallest absolute Gasteiger partial charge is 0.308 e. The average molecular weight is 648 g/mol. The molecule has 1 saturated heterocycles. The summed E-state index contributed by atoms with van der Waals surface area (Å²) in [5.41, 5.74) is 11.3. The van der Waals surface area contributed by atoms with Crippen LogP contribution in [0, 0.1) is 6.08 Å². The molecule has 1 atom stereocenters. The van der Waals surface area contributed by atoms with Crippen LogP contribution in [0.15, 0.2) is 64.8 Å². The molecule has 5 aliphatic rings. The van der Waals surface area contributed by atoms with Gasteiger partial charge in [-0.05, 0) is 77.5 Å². The number of allylic oxidation sites excluding steroid dienone is 3. The molecule has 1 fully saturated rings. The van der Waals surface area contributed by atoms with Crippen LogP contribution in [0.2, 0.25) is 0 Å². The Balaban J connectivity index is 1.21. The minimum atomic E-state index is 0.160. The monoisotopic (exact) mass is 647 g/mol. The number of benzene rings is 3. The maximum absolute atomic E-state index is 6.70. The summed E-state index contributed by atoms with van der Waals surface area (Å²) >= 11 is 0. The quantitative estimate of drug-likeness (QED) is 0.283. The minimum absolute atomic E-state index is 0.160. The lowest BCUT2D eigenvalue weighted by molar-refractivity contribution is 0.269. The Kier molecular flexibility index (Phi) is 7.46. The third kappa shape index (κ3) is 4.60. The lowest BCUT2D eigenvalue weighted by Crippen LogP contribution is -2.34. The zero-order chi connectivity index (χ0) is 33.1. The molecule has 0 saturated carbocycles. The summed E-state index contributed by atoms with van der Waals surface area (Å²) in [4.78, 5) is 2.36. The van der Waals surface area contributed by atoms with Gasteiger partial charge >= 0.3 is 5.76 Å². The molecule has 0 radical (unpaired) electrons. The van der Waals surface area contributed by atoms with Gasteiger partial charge in [-0.15, -0.1) is 0 Å². The summed E-state index contributed by atoms with van der Waals surface area (Å²) in [5, 5.41) is 3.72. The van der Waals surface area contributed by atoms with Crippen LogP contribution < -0.4 is 33.7 Å². The summed E-state index contributed by atoms with van der Waals surface area (Å²) in [6, 6.07) is 10.5. The molecular weight excluding hydrogens is 608 g/mol. The van der Waals surface area contributed by atoms with Crippen molar-refractivity contribution >= 4 is 6.08 Å². The van der Waals surface area contributed by atoms with Crippen molar-refractivity contribution in [2.45, 2.75) is 31.8 Å². The van der Waals surface area contributed by atoms with E-state index in [0.29, 0.717) is 29.6 Å². The number of fused-ring (bicyclic) bond motifs is 6. The number of hydrogen-bond acceptors (Lipinski definition) is 9. The first-order valence-electron chi connectivity index (χ1n) is 16.2. The van der Waals surface area contributed by atoms with Crippen LogP contribution in [0.4, 0.5) is 0 Å². The highest BCUT2D eigenvalue weighted by molar-refractivity contribution is 5.85. The predicted octanol–water partition coefficient (Wildman–Crippen LogP) is 6.31. The van der Waals surface area contributed by atoms with E-state index < -0.39 is 0 Å². The lowest BCUT2D eigenvalue weighted by atomic mass is 9.77. The second-order valence-electron chi connectivity index (χ2n) is 12.4. The van der Waals surface area contributed by atoms with Gasteiger partial charge in [0.25, 0.3) is 5.76 Å². The number of methoxy groups -OCH3 is 6. The Labute approximate surface area is 281 Å². The molecule has 3 aliphatic heterocycles. The summed E-state index contributed by atoms with van der Waals surface area (Å²) in [6.07, 6.45) is 10.5. The number of nitrogens with zero attached hydrogens (tertiary/aromatic N) is 1. The van der Waals surface area contributed by atoms with Gasteiger partial charge in [-0.3, -0.25) is 0 Å². The van der Waals surface area contributed by atoms with Crippen LogP contribution in [0.1, 0.15) is 40.3 Å². The van der Waals surface area contributed by atoms with Gasteiger partial charge in [0.2, 0.25) is 0 Å². The summed E-state index contributed by atoms with van der Waals surface area (Å²) in [7, 11) is 10.1. The van der Waals surface area contributed by atoms with Crippen molar-refractivity contribution in [3.8, 4) is 45.6 Å². The number of piperidine rings is 1. The molecule has 9 nitrogen and oxygen atoms in total. The topological polar surface area (TPSA) is 79.9 Å². The van der Waals surface area contributed by atoms with Crippen LogP contribution in [-0.2, 0) is 24.1 Å². The molecule has 0 spiro atoms. The van der Waals surface area contributed by atoms with E-state index in [1.165, 1.54) is 16.7 Å². The SMILES string of the molecule is COC1=C(Oc2cc3c(cc2OC)-c2c(OC)c(OC)cc4c2C(C3)NCC4)[C+]=C2C(=C1)CCN1Cc3c(ccc(OC)c3OC)C=C21. The molecule has 246 valence electrons. The van der Waals surface area contributed by atoms with Crippen LogP contribution in [-0.4, -0.2) is 60.6 Å². The third-order valence-electron chi connectivity index (χ3n) is 10.1. The van der Waals surface area contributed by atoms with Gasteiger partial charge < -0.3 is 43.4 Å². The van der Waals surface area contributed by atoms with Crippen LogP contribution in [0.3, 0.4) is 0 Å². The molecule has 3 aromatic carbocycles. The highest BCUT2D eigenvalue weighted by atomic mass is 16.5. The fraction of sp³-hybridized carbons (Fsp3) is 0.333. The molecule has 1 unspecified atom stereocenters. The average Bonchev–Trinajstić information content (AvgIpc) is 3.12. The van der Waals surface area contributed by atoms with Gasteiger partial charge in [0.05, 0.1) is 66.9 Å². The maximum Gasteiger partial charge on any atom is 0.308 e. The second kappa shape index (κ2) is 11.8. The van der Waals surface area contributed by atoms with E-state index in [0.717, 1.165) is 94.4 Å². The van der Waals surface area contributed by atoms with Crippen molar-refractivity contribution in [2.75, 3.05) is 55.7 Å². The highest BCUT2D eigenvalue weighted by Gasteiger charge is 2.40. The van der Waals surface area contributed by atoms with Crippen molar-refractivity contribution in [1.82, 2.24) is 10.2 Å². The van der Waals surface area contributed by atoms with Crippen LogP contribution in [0.25, 0.3) is 17.2 Å². The Hall–Kier alpha value is -5.11. The van der Waals surface area contributed by atoms with Crippen molar-refractivity contribution in [3.63, 3.8) is 0 Å². The largest absolute Gasteiger partial charge is 0.493 e. The molecule has 0 amide bonds. The van der Waals surface area contributed by atoms with Gasteiger partial charge in [0, 0.05) is 36.2 Å². The molecule has 48 heavy (non-hydrogen) atoms. The van der Waals surface area contributed by atoms with Gasteiger partial charge in [-0.1, -0.05) is 0 Å². The van der Waals surface area contributed by atoms with E-state index in [4.69, 9.17) is 33.2 Å². The fourth-order valence-electron chi connectivity index (χ4n) is 7.87. The van der Waals surface area contributed by atoms with Crippen LogP contribution in [0.5, 0.6) is 34.5 Å². The van der Waals surface area contributed by atoms with E-state index in [2.05, 4.69) is 52.7 Å². The number of hydrogen-bond donors (Lipinski definition) is 1. The first-order chi connectivity index (χ1) is 23.5. The second-order valence-corrected chi connectivity index (χ2v) is 12.4. The lowest BCUT2D eigenvalue weighted by Gasteiger charge is -2.36. The van der Waals surface area contributed by atoms with E-state index in [1.807, 2.05) is 6.07 Å². The Morgan fingerprint density at radius 3 is 2.31 bits per heavy atom. The first-order valence-corrected chi connectivity index (χ1v) is 16.2. The predicted molar refractivity (Wildman–Crippen MR) is 182 cm³/mol. The Bertz CT molecular complexity index is 1970. The van der Waals surface area contributed by atoms with Gasteiger partial charge in [-0.2, -0.15) is 0 Å². The molecule has 1 N–H and O–H groups in total. The molecule has 0 aromatic heterocycles. The number of nitrogens with one attached hydrogen (secondary N) is 1. The molecular formula is C39H39N2O7+. The first kappa shape index (κ1) is 30.2. The van der Waals surface area contributed by atoms with E-state index >= 15 is 0 Å². The van der Waals surface area contributed by atoms with E-state index in [9.17, 15) is 0 Å². The third-order valence-corrected chi connectivity index (χ3v) is 10.1. The maximum atomic E-state index is 6.70. The summed E-state index contributed by atoms with van der Waals surface area (Å²) in [5.74, 6) is 5.31. The van der Waals surface area contributed by atoms with Crippen LogP contribution >= 0.6 is 0 Å². The molecule has 3 heterocycles. The zero-order valence-corrected chi connectivity index (χ0v) is 28.2. The van der Waals surface area contributed by atoms with Crippen molar-refractivity contribution in [2.24, 2.45) is 0 Å². The molecule has 8 rings (SSSR count). The van der Waals surface area contributed by atoms with Gasteiger partial charge in [-0.25, -0.2) is 0 Å². The highest BCUT2D eigenvalue weighted by Crippen LogP contribution is 2.53. The standard InChI is InChI=1S/C39H39N2O7/c1-42-30-8-7-21-14-29-25-18-34(31(43-2)15-22(25)10-12-41(29)20-27(21)38(30)46-5)48-33-17-24-13-28-36-23(9-11-40-28)16-35(45-4)39(47-6)37(36)26(24)19-32(33)44-3/h7-8,14-17,19,28,40H,9-13,20H2,1-6H3/q+1. The number of ether oxygens (including phenoxy) is 7. The van der Waals surface area contributed by atoms with Crippen molar-refractivity contribution < 1.29 is 33.2 Å². The van der Waals surface area contributed by atoms with Gasteiger partial charge in [0.1, 0.15) is 5.70 Å². The van der Waals surface area contributed by atoms with Crippen molar-refractivity contribution in [1.29, 1.82) is 0 Å². The Morgan fingerprint density at radius 1 is 0.771 bits per heavy atom. The minimum Gasteiger partial charge on any atom is -0.493 e. The molecule has 0 bridgehead atoms. The fourth-order valence-corrected chi connectivity index (χ4v) is 7.87. The van der Waals surface area contributed by atoms with Gasteiger partial charge in [0.15, 0.2) is 40.1 Å². The van der Waals surface area contributed by atoms with E-state index in [-0.39, 0.29) is 6.04 Å². The summed E-state index contributed by atoms with van der Waals surface area (Å²) in [6.45, 7) is 2.48. The molecule has 9 heteroatoms. The Morgan fingerprint density at radius 2 is 1.56 bits per heavy atom. The number of rotatable bonds is 8. The van der Waals surface area contributed by atoms with Crippen molar-refractivity contribution in [3.05, 3.63) is 98.7 Å². The normalized spacial score (nSPS) is 18.3. The summed E-state index contributed by atoms with van der Waals surface area (Å²) < 4.78 is 41.7. The molecule has 2 aliphatic carbocycles. The zero-order valence-electron chi connectivity index (χ0n) is 28.2.